The van der Waals surface area contributed by atoms with Crippen LogP contribution in [-0.4, -0.2) is 22.3 Å². The van der Waals surface area contributed by atoms with Crippen LogP contribution < -0.4 is 4.74 Å². The molecule has 0 bridgehead atoms. The molecule has 2 aromatic carbocycles. The van der Waals surface area contributed by atoms with Crippen molar-refractivity contribution in [3.05, 3.63) is 83.1 Å². The highest BCUT2D eigenvalue weighted by molar-refractivity contribution is 6.32. The van der Waals surface area contributed by atoms with E-state index in [0.29, 0.717) is 29.2 Å². The van der Waals surface area contributed by atoms with Crippen LogP contribution in [0.5, 0.6) is 5.75 Å². The van der Waals surface area contributed by atoms with Crippen molar-refractivity contribution in [2.75, 3.05) is 0 Å². The molecule has 0 amide bonds. The van der Waals surface area contributed by atoms with E-state index in [1.165, 1.54) is 0 Å². The summed E-state index contributed by atoms with van der Waals surface area (Å²) in [7, 11) is 0. The third-order valence-corrected chi connectivity index (χ3v) is 5.16. The minimum absolute atomic E-state index is 0.276. The van der Waals surface area contributed by atoms with Gasteiger partial charge in [-0.25, -0.2) is 0 Å². The molecule has 1 N–H and O–H groups in total. The maximum Gasteiger partial charge on any atom is 0.124 e. The molecule has 4 nitrogen and oxygen atoms in total. The number of pyridine rings is 1. The first-order valence-electron chi connectivity index (χ1n) is 9.64. The highest BCUT2D eigenvalue weighted by Crippen LogP contribution is 2.27. The van der Waals surface area contributed by atoms with E-state index in [2.05, 4.69) is 11.1 Å². The van der Waals surface area contributed by atoms with Crippen LogP contribution in [0.1, 0.15) is 30.9 Å². The molecule has 5 heteroatoms. The number of aliphatic hydroxyl groups excluding tert-OH is 1. The molecule has 0 aliphatic rings. The summed E-state index contributed by atoms with van der Waals surface area (Å²) in [6.07, 6.45) is 4.82. The van der Waals surface area contributed by atoms with Gasteiger partial charge < -0.3 is 9.84 Å². The minimum Gasteiger partial charge on any atom is -0.488 e. The van der Waals surface area contributed by atoms with E-state index >= 15 is 0 Å². The number of halogens is 1. The molecule has 148 valence electrons. The molecule has 3 aromatic rings. The lowest BCUT2D eigenvalue weighted by atomic mass is 10.0. The van der Waals surface area contributed by atoms with E-state index in [1.54, 1.807) is 18.3 Å². The zero-order valence-corrected chi connectivity index (χ0v) is 17.0. The Labute approximate surface area is 176 Å². The Kier molecular flexibility index (Phi) is 7.24. The lowest BCUT2D eigenvalue weighted by Gasteiger charge is -2.23. The smallest absolute Gasteiger partial charge is 0.124 e. The fourth-order valence-electron chi connectivity index (χ4n) is 3.17. The van der Waals surface area contributed by atoms with Gasteiger partial charge in [0.2, 0.25) is 0 Å². The molecule has 0 unspecified atom stereocenters. The molecular formula is C24H23ClN2O2. The first-order valence-corrected chi connectivity index (χ1v) is 10.0. The second-order valence-electron chi connectivity index (χ2n) is 6.86. The van der Waals surface area contributed by atoms with Crippen molar-refractivity contribution in [3.63, 3.8) is 0 Å². The molecule has 0 spiro atoms. The molecule has 1 heterocycles. The summed E-state index contributed by atoms with van der Waals surface area (Å²) in [6, 6.07) is 19.0. The summed E-state index contributed by atoms with van der Waals surface area (Å²) < 4.78 is 6.03. The quantitative estimate of drug-likeness (QED) is 0.542. The van der Waals surface area contributed by atoms with Crippen molar-refractivity contribution in [1.82, 2.24) is 4.98 Å². The highest BCUT2D eigenvalue weighted by atomic mass is 35.5. The number of hydrogen-bond donors (Lipinski definition) is 1. The van der Waals surface area contributed by atoms with Gasteiger partial charge >= 0.3 is 0 Å². The van der Waals surface area contributed by atoms with Crippen molar-refractivity contribution in [1.29, 1.82) is 5.26 Å². The fourth-order valence-corrected chi connectivity index (χ4v) is 3.39. The van der Waals surface area contributed by atoms with E-state index in [0.717, 1.165) is 23.1 Å². The van der Waals surface area contributed by atoms with Crippen molar-refractivity contribution >= 4 is 11.6 Å². The molecule has 2 atom stereocenters. The fraction of sp³-hybridized carbons (Fsp3) is 0.250. The van der Waals surface area contributed by atoms with Gasteiger partial charge in [-0.1, -0.05) is 42.8 Å². The molecular weight excluding hydrogens is 384 g/mol. The lowest BCUT2D eigenvalue weighted by Crippen LogP contribution is -2.31. The summed E-state index contributed by atoms with van der Waals surface area (Å²) in [5, 5.41) is 20.0. The summed E-state index contributed by atoms with van der Waals surface area (Å²) in [5.41, 5.74) is 3.48. The second-order valence-corrected chi connectivity index (χ2v) is 7.27. The zero-order valence-electron chi connectivity index (χ0n) is 16.3. The Morgan fingerprint density at radius 3 is 2.52 bits per heavy atom. The third kappa shape index (κ3) is 5.57. The van der Waals surface area contributed by atoms with Crippen molar-refractivity contribution in [2.45, 2.75) is 38.4 Å². The van der Waals surface area contributed by atoms with Crippen molar-refractivity contribution in [3.8, 4) is 22.9 Å². The summed E-state index contributed by atoms with van der Waals surface area (Å²) >= 11 is 6.13. The molecule has 0 radical (unpaired) electrons. The Bertz CT molecular complexity index is 968. The van der Waals surface area contributed by atoms with Crippen LogP contribution in [-0.2, 0) is 6.42 Å². The Morgan fingerprint density at radius 1 is 1.14 bits per heavy atom. The van der Waals surface area contributed by atoms with Gasteiger partial charge in [0.1, 0.15) is 17.9 Å². The van der Waals surface area contributed by atoms with E-state index < -0.39 is 6.10 Å². The number of nitrogens with zero attached hydrogens (tertiary/aromatic N) is 2. The summed E-state index contributed by atoms with van der Waals surface area (Å²) in [4.78, 5) is 4.11. The second kappa shape index (κ2) is 10.1. The Balaban J connectivity index is 1.62. The molecule has 0 saturated carbocycles. The predicted molar refractivity (Wildman–Crippen MR) is 115 cm³/mol. The van der Waals surface area contributed by atoms with Crippen LogP contribution in [0.4, 0.5) is 0 Å². The van der Waals surface area contributed by atoms with Crippen LogP contribution in [0, 0.1) is 11.3 Å². The van der Waals surface area contributed by atoms with Crippen LogP contribution in [0.25, 0.3) is 11.1 Å². The van der Waals surface area contributed by atoms with Gasteiger partial charge in [0.15, 0.2) is 0 Å². The van der Waals surface area contributed by atoms with Gasteiger partial charge in [-0.05, 0) is 66.3 Å². The average molecular weight is 407 g/mol. The van der Waals surface area contributed by atoms with Crippen LogP contribution in [0.3, 0.4) is 0 Å². The molecule has 3 rings (SSSR count). The van der Waals surface area contributed by atoms with Crippen LogP contribution in [0.2, 0.25) is 5.02 Å². The first kappa shape index (κ1) is 20.9. The number of nitriles is 1. The lowest BCUT2D eigenvalue weighted by molar-refractivity contribution is 0.0291. The molecule has 0 fully saturated rings. The van der Waals surface area contributed by atoms with Gasteiger partial charge in [0.25, 0.3) is 0 Å². The Hall–Kier alpha value is -2.87. The number of hydrogen-bond acceptors (Lipinski definition) is 4. The van der Waals surface area contributed by atoms with E-state index in [1.807, 2.05) is 55.6 Å². The average Bonchev–Trinajstić information content (AvgIpc) is 2.77. The van der Waals surface area contributed by atoms with E-state index in [4.69, 9.17) is 21.6 Å². The summed E-state index contributed by atoms with van der Waals surface area (Å²) in [6.45, 7) is 2.01. The summed E-state index contributed by atoms with van der Waals surface area (Å²) in [5.74, 6) is 0.709. The van der Waals surface area contributed by atoms with Gasteiger partial charge in [-0.2, -0.15) is 5.26 Å². The number of benzene rings is 2. The number of aryl methyl sites for hydroxylation is 1. The van der Waals surface area contributed by atoms with Crippen LogP contribution >= 0.6 is 11.6 Å². The molecule has 29 heavy (non-hydrogen) atoms. The normalized spacial score (nSPS) is 12.8. The van der Waals surface area contributed by atoms with E-state index in [9.17, 15) is 5.11 Å². The van der Waals surface area contributed by atoms with Gasteiger partial charge in [0, 0.05) is 12.4 Å². The topological polar surface area (TPSA) is 66.1 Å². The molecule has 0 saturated heterocycles. The highest BCUT2D eigenvalue weighted by Gasteiger charge is 2.19. The maximum absolute atomic E-state index is 10.6. The van der Waals surface area contributed by atoms with Crippen molar-refractivity contribution in [2.24, 2.45) is 0 Å². The van der Waals surface area contributed by atoms with Crippen LogP contribution in [0.15, 0.2) is 67.0 Å². The first-order chi connectivity index (χ1) is 14.1. The monoisotopic (exact) mass is 406 g/mol. The van der Waals surface area contributed by atoms with Gasteiger partial charge in [-0.15, -0.1) is 0 Å². The van der Waals surface area contributed by atoms with Crippen molar-refractivity contribution < 1.29 is 9.84 Å². The third-order valence-electron chi connectivity index (χ3n) is 4.85. The number of ether oxygens (including phenoxy) is 1. The number of aromatic nitrogens is 1. The molecule has 1 aromatic heterocycles. The minimum atomic E-state index is -0.558. The maximum atomic E-state index is 10.6. The molecule has 0 aliphatic heterocycles. The van der Waals surface area contributed by atoms with Gasteiger partial charge in [-0.3, -0.25) is 4.98 Å². The Morgan fingerprint density at radius 2 is 1.90 bits per heavy atom. The van der Waals surface area contributed by atoms with Gasteiger partial charge in [0.05, 0.1) is 16.7 Å². The zero-order chi connectivity index (χ0) is 20.6. The van der Waals surface area contributed by atoms with E-state index in [-0.39, 0.29) is 6.10 Å². The SMILES string of the molecule is CC[C@H](Oc1ccc(-c2ccc(C#N)c(Cl)c2)cc1)[C@H](O)CCc1cccnc1. The standard InChI is InChI=1S/C24H23ClN2O2/c1-2-24(23(28)12-5-17-4-3-13-27-16-17)29-21-10-8-18(9-11-21)19-6-7-20(15-26)22(25)14-19/h3-4,6-11,13-14,16,23-24,28H,2,5,12H2,1H3/t23-,24+/m1/s1. The number of aliphatic hydroxyl groups is 1. The number of rotatable bonds is 8. The molecule has 0 aliphatic carbocycles. The largest absolute Gasteiger partial charge is 0.488 e. The predicted octanol–water partition coefficient (Wildman–Crippen LogP) is 5.42.